The van der Waals surface area contributed by atoms with Crippen molar-refractivity contribution in [3.05, 3.63) is 107 Å². The first kappa shape index (κ1) is 34.1. The molecule has 1 fully saturated rings. The number of nitrogens with one attached hydrogen (secondary N) is 2. The molecular weight excluding hydrogens is 632 g/mol. The molecule has 0 radical (unpaired) electrons. The van der Waals surface area contributed by atoms with Gasteiger partial charge in [0.1, 0.15) is 11.7 Å². The molecule has 12 nitrogen and oxygen atoms in total. The topological polar surface area (TPSA) is 156 Å². The smallest absolute Gasteiger partial charge is 0.323 e. The normalized spacial score (nSPS) is 17.0. The molecular formula is C35H36N6O6S. The van der Waals surface area contributed by atoms with Gasteiger partial charge in [0.2, 0.25) is 0 Å². The molecule has 0 aliphatic carbocycles. The predicted molar refractivity (Wildman–Crippen MR) is 182 cm³/mol. The molecule has 1 aliphatic rings. The highest BCUT2D eigenvalue weighted by molar-refractivity contribution is 8.00. The second-order valence-electron chi connectivity index (χ2n) is 11.3. The first-order valence-electron chi connectivity index (χ1n) is 15.2. The summed E-state index contributed by atoms with van der Waals surface area (Å²) in [4.78, 5) is 44.7. The van der Waals surface area contributed by atoms with E-state index in [4.69, 9.17) is 4.74 Å². The summed E-state index contributed by atoms with van der Waals surface area (Å²) in [6.45, 7) is 2.43. The Labute approximate surface area is 279 Å². The SMILES string of the molecule is COC(=O)C1C[C@@H](O)CN1CCC=S(=O)(NC(=O)c1cncc(C#Cc2cccc(NC(=O)c3cc(C)nn3C)c2)c1)c1ccccc1. The molecule has 3 heterocycles. The molecule has 2 aromatic heterocycles. The number of amides is 2. The number of aromatic nitrogens is 3. The number of aliphatic hydroxyl groups is 1. The number of nitrogens with zero attached hydrogens (tertiary/aromatic N) is 4. The van der Waals surface area contributed by atoms with E-state index in [2.05, 4.69) is 32.0 Å². The standard InChI is InChI=1S/C35H36N6O6S/c1-24-17-31(40(2)38-24)34(44)37-28-10-7-9-25(19-28)13-14-26-18-27(22-36-21-26)33(43)39-48(46,30-11-5-4-6-12-30)16-8-15-41-23-29(42)20-32(41)35(45)47-3/h4-7,9-12,16-19,21-22,29,32,42H,8,15,20,23H2,1-3H3,(H,37,44)(H,39,43,46)/t29-,32?,48?/m1/s1. The Morgan fingerprint density at radius 1 is 1.04 bits per heavy atom. The molecule has 5 rings (SSSR count). The number of benzene rings is 2. The van der Waals surface area contributed by atoms with Crippen molar-refractivity contribution in [1.29, 1.82) is 0 Å². The number of aliphatic hydroxyl groups excluding tert-OH is 1. The fraction of sp³-hybridized carbons (Fsp3) is 0.257. The highest BCUT2D eigenvalue weighted by Gasteiger charge is 2.36. The largest absolute Gasteiger partial charge is 0.468 e. The van der Waals surface area contributed by atoms with Crippen molar-refractivity contribution >= 4 is 38.5 Å². The molecule has 0 bridgehead atoms. The highest BCUT2D eigenvalue weighted by atomic mass is 32.2. The third-order valence-corrected chi connectivity index (χ3v) is 9.83. The van der Waals surface area contributed by atoms with Crippen molar-refractivity contribution in [3.8, 4) is 11.8 Å². The molecule has 1 saturated heterocycles. The van der Waals surface area contributed by atoms with Crippen LogP contribution in [0.2, 0.25) is 0 Å². The summed E-state index contributed by atoms with van der Waals surface area (Å²) in [6, 6.07) is 18.3. The number of likely N-dealkylation sites (tertiary alicyclic amines) is 1. The van der Waals surface area contributed by atoms with E-state index < -0.39 is 33.7 Å². The van der Waals surface area contributed by atoms with Gasteiger partial charge < -0.3 is 15.2 Å². The van der Waals surface area contributed by atoms with Crippen LogP contribution in [0.15, 0.2) is 84.0 Å². The van der Waals surface area contributed by atoms with Crippen LogP contribution in [0, 0.1) is 18.8 Å². The van der Waals surface area contributed by atoms with E-state index in [1.165, 1.54) is 29.6 Å². The second-order valence-corrected chi connectivity index (χ2v) is 13.5. The lowest BCUT2D eigenvalue weighted by Gasteiger charge is -2.21. The lowest BCUT2D eigenvalue weighted by atomic mass is 10.1. The summed E-state index contributed by atoms with van der Waals surface area (Å²) >= 11 is 0. The van der Waals surface area contributed by atoms with Crippen LogP contribution >= 0.6 is 0 Å². The minimum atomic E-state index is -3.20. The molecule has 2 aromatic carbocycles. The van der Waals surface area contributed by atoms with Crippen molar-refractivity contribution in [3.63, 3.8) is 0 Å². The Balaban J connectivity index is 1.31. The van der Waals surface area contributed by atoms with Crippen LogP contribution < -0.4 is 10.0 Å². The average Bonchev–Trinajstić information content (AvgIpc) is 3.63. The van der Waals surface area contributed by atoms with E-state index in [9.17, 15) is 23.7 Å². The second kappa shape index (κ2) is 15.1. The monoisotopic (exact) mass is 668 g/mol. The zero-order valence-corrected chi connectivity index (χ0v) is 27.6. The fourth-order valence-electron chi connectivity index (χ4n) is 5.38. The molecule has 48 heavy (non-hydrogen) atoms. The molecule has 3 N–H and O–H groups in total. The Hall–Kier alpha value is -5.29. The number of pyridine rings is 1. The minimum Gasteiger partial charge on any atom is -0.468 e. The van der Waals surface area contributed by atoms with Crippen molar-refractivity contribution in [1.82, 2.24) is 24.4 Å². The molecule has 2 amide bonds. The zero-order chi connectivity index (χ0) is 34.3. The number of anilines is 1. The summed E-state index contributed by atoms with van der Waals surface area (Å²) in [5, 5.41) is 18.7. The van der Waals surface area contributed by atoms with Gasteiger partial charge in [0.25, 0.3) is 11.8 Å². The van der Waals surface area contributed by atoms with Gasteiger partial charge in [0.15, 0.2) is 0 Å². The number of hydrogen-bond donors (Lipinski definition) is 3. The summed E-state index contributed by atoms with van der Waals surface area (Å²) in [7, 11) is -0.196. The van der Waals surface area contributed by atoms with Crippen LogP contribution in [0.1, 0.15) is 50.5 Å². The Kier molecular flexibility index (Phi) is 10.7. The molecule has 1 aliphatic heterocycles. The van der Waals surface area contributed by atoms with E-state index >= 15 is 0 Å². The van der Waals surface area contributed by atoms with Crippen LogP contribution in [-0.4, -0.2) is 84.5 Å². The molecule has 0 saturated carbocycles. The van der Waals surface area contributed by atoms with Crippen molar-refractivity contribution in [2.24, 2.45) is 7.05 Å². The highest BCUT2D eigenvalue weighted by Crippen LogP contribution is 2.20. The van der Waals surface area contributed by atoms with Crippen LogP contribution in [0.4, 0.5) is 5.69 Å². The molecule has 13 heteroatoms. The van der Waals surface area contributed by atoms with Crippen molar-refractivity contribution in [2.45, 2.75) is 36.8 Å². The van der Waals surface area contributed by atoms with Gasteiger partial charge in [-0.2, -0.15) is 5.10 Å². The van der Waals surface area contributed by atoms with E-state index in [-0.39, 0.29) is 30.9 Å². The molecule has 2 unspecified atom stereocenters. The lowest BCUT2D eigenvalue weighted by Crippen LogP contribution is -2.38. The van der Waals surface area contributed by atoms with Crippen LogP contribution in [0.5, 0.6) is 0 Å². The maximum absolute atomic E-state index is 14.3. The third-order valence-electron chi connectivity index (χ3n) is 7.67. The number of β-amino-alcohol motifs (C(OH)–C–C–N with tert-alkyl or cyclic N) is 1. The fourth-order valence-corrected chi connectivity index (χ4v) is 7.16. The third kappa shape index (κ3) is 8.34. The first-order valence-corrected chi connectivity index (χ1v) is 16.8. The maximum Gasteiger partial charge on any atom is 0.323 e. The number of rotatable bonds is 9. The van der Waals surface area contributed by atoms with Gasteiger partial charge in [0.05, 0.1) is 34.2 Å². The van der Waals surface area contributed by atoms with Gasteiger partial charge in [0, 0.05) is 60.7 Å². The summed E-state index contributed by atoms with van der Waals surface area (Å²) in [5.74, 6) is 4.70. The first-order chi connectivity index (χ1) is 23.0. The van der Waals surface area contributed by atoms with Gasteiger partial charge in [-0.05, 0) is 61.2 Å². The average molecular weight is 669 g/mol. The molecule has 248 valence electrons. The summed E-state index contributed by atoms with van der Waals surface area (Å²) in [6.07, 6.45) is 2.75. The minimum absolute atomic E-state index is 0.166. The number of ether oxygens (including phenoxy) is 1. The molecule has 0 spiro atoms. The Morgan fingerprint density at radius 2 is 1.81 bits per heavy atom. The van der Waals surface area contributed by atoms with Gasteiger partial charge in [-0.3, -0.25) is 33.7 Å². The molecule has 3 atom stereocenters. The van der Waals surface area contributed by atoms with E-state index in [0.29, 0.717) is 33.9 Å². The van der Waals surface area contributed by atoms with Gasteiger partial charge >= 0.3 is 5.97 Å². The zero-order valence-electron chi connectivity index (χ0n) is 26.8. The summed E-state index contributed by atoms with van der Waals surface area (Å²) < 4.78 is 23.3. The van der Waals surface area contributed by atoms with Gasteiger partial charge in [-0.25, -0.2) is 4.21 Å². The summed E-state index contributed by atoms with van der Waals surface area (Å²) in [5.41, 5.74) is 2.98. The van der Waals surface area contributed by atoms with Crippen LogP contribution in [0.25, 0.3) is 0 Å². The quantitative estimate of drug-likeness (QED) is 0.139. The number of carbonyl (C=O) groups excluding carboxylic acids is 3. The number of hydrogen-bond acceptors (Lipinski definition) is 9. The van der Waals surface area contributed by atoms with Crippen molar-refractivity contribution in [2.75, 3.05) is 25.5 Å². The van der Waals surface area contributed by atoms with E-state index in [1.54, 1.807) is 78.7 Å². The molecule has 4 aromatic rings. The van der Waals surface area contributed by atoms with Gasteiger partial charge in [-0.1, -0.05) is 36.1 Å². The Morgan fingerprint density at radius 3 is 2.54 bits per heavy atom. The van der Waals surface area contributed by atoms with E-state index in [0.717, 1.165) is 5.69 Å². The van der Waals surface area contributed by atoms with Crippen molar-refractivity contribution < 1.29 is 28.4 Å². The van der Waals surface area contributed by atoms with Crippen LogP contribution in [-0.2, 0) is 26.3 Å². The Bertz CT molecular complexity index is 2010. The van der Waals surface area contributed by atoms with Crippen LogP contribution in [0.3, 0.4) is 0 Å². The predicted octanol–water partition coefficient (Wildman–Crippen LogP) is 2.56. The number of aryl methyl sites for hydroxylation is 2. The maximum atomic E-state index is 14.3. The van der Waals surface area contributed by atoms with Gasteiger partial charge in [-0.15, -0.1) is 0 Å². The number of methoxy groups -OCH3 is 1. The number of esters is 1. The van der Waals surface area contributed by atoms with E-state index in [1.807, 2.05) is 6.92 Å². The lowest BCUT2D eigenvalue weighted by molar-refractivity contribution is -0.145. The number of carbonyl (C=O) groups is 3.